The highest BCUT2D eigenvalue weighted by molar-refractivity contribution is 5.83. The lowest BCUT2D eigenvalue weighted by Crippen LogP contribution is -2.45. The molecule has 154 valence electrons. The van der Waals surface area contributed by atoms with Crippen molar-refractivity contribution in [1.82, 2.24) is 20.1 Å². The Morgan fingerprint density at radius 1 is 1.24 bits per heavy atom. The van der Waals surface area contributed by atoms with Crippen LogP contribution in [0.25, 0.3) is 11.5 Å². The Morgan fingerprint density at radius 3 is 2.66 bits per heavy atom. The molecule has 8 nitrogen and oxygen atoms in total. The lowest BCUT2D eigenvalue weighted by molar-refractivity contribution is -0.133. The maximum Gasteiger partial charge on any atom is 0.316 e. The summed E-state index contributed by atoms with van der Waals surface area (Å²) in [7, 11) is 1.59. The zero-order valence-corrected chi connectivity index (χ0v) is 17.0. The fourth-order valence-electron chi connectivity index (χ4n) is 4.17. The number of anilines is 1. The van der Waals surface area contributed by atoms with E-state index in [0.29, 0.717) is 28.7 Å². The number of amides is 1. The van der Waals surface area contributed by atoms with Crippen LogP contribution in [0.15, 0.2) is 16.5 Å². The normalized spacial score (nSPS) is 21.1. The second-order valence-electron chi connectivity index (χ2n) is 8.67. The summed E-state index contributed by atoms with van der Waals surface area (Å²) in [6.45, 7) is 3.52. The van der Waals surface area contributed by atoms with Gasteiger partial charge in [0.25, 0.3) is 5.89 Å². The number of hydrogen-bond acceptors (Lipinski definition) is 7. The van der Waals surface area contributed by atoms with E-state index in [1.165, 1.54) is 25.7 Å². The Bertz CT molecular complexity index is 909. The minimum Gasteiger partial charge on any atom is -0.480 e. The molecule has 1 atom stereocenters. The van der Waals surface area contributed by atoms with Crippen molar-refractivity contribution < 1.29 is 13.9 Å². The van der Waals surface area contributed by atoms with Gasteiger partial charge in [-0.3, -0.25) is 4.79 Å². The van der Waals surface area contributed by atoms with Crippen molar-refractivity contribution in [3.05, 3.63) is 17.8 Å². The van der Waals surface area contributed by atoms with Crippen molar-refractivity contribution >= 4 is 11.9 Å². The van der Waals surface area contributed by atoms with E-state index in [1.807, 2.05) is 24.0 Å². The smallest absolute Gasteiger partial charge is 0.316 e. The van der Waals surface area contributed by atoms with Gasteiger partial charge < -0.3 is 19.4 Å². The predicted molar refractivity (Wildman–Crippen MR) is 107 cm³/mol. The summed E-state index contributed by atoms with van der Waals surface area (Å²) in [5.74, 6) is 1.42. The van der Waals surface area contributed by atoms with Gasteiger partial charge >= 0.3 is 6.01 Å². The number of nitrogens with one attached hydrogen (secondary N) is 1. The Morgan fingerprint density at radius 2 is 2.00 bits per heavy atom. The highest BCUT2D eigenvalue weighted by atomic mass is 16.5. The van der Waals surface area contributed by atoms with E-state index >= 15 is 0 Å². The monoisotopic (exact) mass is 397 g/mol. The zero-order valence-electron chi connectivity index (χ0n) is 17.0. The highest BCUT2D eigenvalue weighted by Gasteiger charge is 2.45. The molecule has 0 bridgehead atoms. The van der Waals surface area contributed by atoms with Crippen LogP contribution in [0.5, 0.6) is 5.88 Å². The van der Waals surface area contributed by atoms with Crippen LogP contribution in [0.2, 0.25) is 0 Å². The molecule has 0 radical (unpaired) electrons. The first-order chi connectivity index (χ1) is 14.1. The van der Waals surface area contributed by atoms with Crippen LogP contribution < -0.4 is 10.1 Å². The second-order valence-corrected chi connectivity index (χ2v) is 8.67. The summed E-state index contributed by atoms with van der Waals surface area (Å²) < 4.78 is 11.2. The molecule has 0 unspecified atom stereocenters. The number of nitrogens with zero attached hydrogens (tertiary/aromatic N) is 4. The molecule has 0 aromatic carbocycles. The number of pyridine rings is 1. The lowest BCUT2D eigenvalue weighted by Gasteiger charge is -2.33. The van der Waals surface area contributed by atoms with Gasteiger partial charge in [0, 0.05) is 24.7 Å². The number of piperidine rings is 1. The molecule has 1 aliphatic heterocycles. The summed E-state index contributed by atoms with van der Waals surface area (Å²) in [6.07, 6.45) is 7.25. The van der Waals surface area contributed by atoms with Crippen molar-refractivity contribution in [1.29, 1.82) is 0 Å². The summed E-state index contributed by atoms with van der Waals surface area (Å²) in [5, 5.41) is 11.2. The third kappa shape index (κ3) is 3.68. The first-order valence-electron chi connectivity index (χ1n) is 10.5. The van der Waals surface area contributed by atoms with Crippen molar-refractivity contribution in [2.45, 2.75) is 57.4 Å². The molecule has 2 saturated carbocycles. The summed E-state index contributed by atoms with van der Waals surface area (Å²) >= 11 is 0. The third-order valence-corrected chi connectivity index (χ3v) is 6.53. The van der Waals surface area contributed by atoms with Crippen molar-refractivity contribution in [3.63, 3.8) is 0 Å². The fraction of sp³-hybridized carbons (Fsp3) is 0.619. The largest absolute Gasteiger partial charge is 0.480 e. The molecule has 2 aromatic heterocycles. The minimum atomic E-state index is -0.422. The molecule has 1 spiro atoms. The van der Waals surface area contributed by atoms with Gasteiger partial charge in [-0.1, -0.05) is 5.10 Å². The van der Waals surface area contributed by atoms with E-state index in [1.54, 1.807) is 7.11 Å². The van der Waals surface area contributed by atoms with E-state index in [9.17, 15) is 4.79 Å². The number of carbonyl (C=O) groups is 1. The predicted octanol–water partition coefficient (Wildman–Crippen LogP) is 3.22. The third-order valence-electron chi connectivity index (χ3n) is 6.53. The highest BCUT2D eigenvalue weighted by Crippen LogP contribution is 2.53. The van der Waals surface area contributed by atoms with E-state index in [0.717, 1.165) is 31.6 Å². The Labute approximate surface area is 170 Å². The summed E-state index contributed by atoms with van der Waals surface area (Å²) in [6, 6.07) is 3.70. The molecular weight excluding hydrogens is 370 g/mol. The van der Waals surface area contributed by atoms with Crippen LogP contribution in [0.4, 0.5) is 6.01 Å². The summed E-state index contributed by atoms with van der Waals surface area (Å²) in [4.78, 5) is 19.3. The molecule has 1 amide bonds. The number of carbonyl (C=O) groups excluding carboxylic acids is 1. The average molecular weight is 397 g/mol. The minimum absolute atomic E-state index is 0.0771. The number of ether oxygens (including phenoxy) is 1. The Hall–Kier alpha value is -2.64. The molecule has 1 N–H and O–H groups in total. The first-order valence-corrected chi connectivity index (χ1v) is 10.5. The van der Waals surface area contributed by atoms with Gasteiger partial charge in [-0.25, -0.2) is 4.98 Å². The van der Waals surface area contributed by atoms with Crippen molar-refractivity contribution in [3.8, 4) is 17.3 Å². The van der Waals surface area contributed by atoms with Crippen LogP contribution in [0.1, 0.15) is 57.1 Å². The molecule has 3 aliphatic rings. The Balaban J connectivity index is 1.24. The number of aromatic nitrogens is 3. The van der Waals surface area contributed by atoms with Crippen molar-refractivity contribution in [2.24, 2.45) is 5.41 Å². The van der Waals surface area contributed by atoms with Gasteiger partial charge in [0.05, 0.1) is 7.11 Å². The molecule has 3 fully saturated rings. The van der Waals surface area contributed by atoms with E-state index in [2.05, 4.69) is 20.5 Å². The van der Waals surface area contributed by atoms with Gasteiger partial charge in [0.2, 0.25) is 11.8 Å². The molecule has 2 aliphatic carbocycles. The molecule has 8 heteroatoms. The molecule has 29 heavy (non-hydrogen) atoms. The number of likely N-dealkylation sites (tertiary alicyclic amines) is 1. The van der Waals surface area contributed by atoms with E-state index < -0.39 is 6.04 Å². The number of methoxy groups -OCH3 is 1. The van der Waals surface area contributed by atoms with Gasteiger partial charge in [0.15, 0.2) is 0 Å². The van der Waals surface area contributed by atoms with Crippen LogP contribution in [0, 0.1) is 5.41 Å². The summed E-state index contributed by atoms with van der Waals surface area (Å²) in [5.41, 5.74) is 2.25. The topological polar surface area (TPSA) is 93.4 Å². The van der Waals surface area contributed by atoms with Crippen molar-refractivity contribution in [2.75, 3.05) is 25.5 Å². The molecule has 1 saturated heterocycles. The maximum atomic E-state index is 12.8. The zero-order chi connectivity index (χ0) is 20.0. The lowest BCUT2D eigenvalue weighted by atomic mass is 9.93. The van der Waals surface area contributed by atoms with Crippen LogP contribution >= 0.6 is 0 Å². The number of rotatable bonds is 6. The van der Waals surface area contributed by atoms with Gasteiger partial charge in [-0.2, -0.15) is 0 Å². The fourth-order valence-corrected chi connectivity index (χ4v) is 4.17. The molecule has 5 rings (SSSR count). The van der Waals surface area contributed by atoms with Gasteiger partial charge in [0.1, 0.15) is 11.6 Å². The quantitative estimate of drug-likeness (QED) is 0.800. The second kappa shape index (κ2) is 7.00. The van der Waals surface area contributed by atoms with Gasteiger partial charge in [-0.05, 0) is 63.0 Å². The average Bonchev–Trinajstić information content (AvgIpc) is 3.68. The molecule has 2 aromatic rings. The first kappa shape index (κ1) is 18.4. The van der Waals surface area contributed by atoms with E-state index in [4.69, 9.17) is 9.15 Å². The van der Waals surface area contributed by atoms with Crippen LogP contribution in [-0.2, 0) is 4.79 Å². The van der Waals surface area contributed by atoms with Crippen LogP contribution in [0.3, 0.4) is 0 Å². The Kier molecular flexibility index (Phi) is 4.44. The maximum absolute atomic E-state index is 12.8. The molecular formula is C21H27N5O3. The standard InChI is InChI=1S/C21H27N5O3/c1-13(19(27)26-11-9-21(7-8-21)10-12-26)22-20-25-24-18(29-20)15-5-6-16(14-3-4-14)23-17(15)28-2/h5-6,13-14H,3-4,7-12H2,1-2H3,(H,22,25)/t13-/m0/s1. The molecule has 3 heterocycles. The SMILES string of the molecule is COc1nc(C2CC2)ccc1-c1nnc(N[C@@H](C)C(=O)N2CCC3(CC2)CC3)o1. The van der Waals surface area contributed by atoms with E-state index in [-0.39, 0.29) is 11.9 Å². The van der Waals surface area contributed by atoms with Crippen LogP contribution in [-0.4, -0.2) is 52.2 Å². The van der Waals surface area contributed by atoms with Gasteiger partial charge in [-0.15, -0.1) is 5.10 Å². The number of hydrogen-bond donors (Lipinski definition) is 1.